The number of nitrogens with two attached hydrogens (primary N) is 1. The normalized spacial score (nSPS) is 16.5. The number of halogens is 3. The van der Waals surface area contributed by atoms with Gasteiger partial charge in [-0.15, -0.1) is 0 Å². The third-order valence-corrected chi connectivity index (χ3v) is 3.70. The van der Waals surface area contributed by atoms with E-state index in [0.29, 0.717) is 5.56 Å². The fraction of sp³-hybridized carbons (Fsp3) is 0.375. The van der Waals surface area contributed by atoms with Crippen LogP contribution in [-0.4, -0.2) is 60.5 Å². The van der Waals surface area contributed by atoms with Gasteiger partial charge in [-0.25, -0.2) is 0 Å². The van der Waals surface area contributed by atoms with E-state index in [0.717, 1.165) is 5.56 Å². The van der Waals surface area contributed by atoms with Crippen molar-refractivity contribution >= 4 is 17.9 Å². The van der Waals surface area contributed by atoms with Crippen LogP contribution in [0.3, 0.4) is 0 Å². The number of benzene rings is 1. The highest BCUT2D eigenvalue weighted by Crippen LogP contribution is 2.17. The van der Waals surface area contributed by atoms with Crippen molar-refractivity contribution in [3.8, 4) is 0 Å². The van der Waals surface area contributed by atoms with Gasteiger partial charge in [0.05, 0.1) is 6.54 Å². The summed E-state index contributed by atoms with van der Waals surface area (Å²) < 4.78 is 37.0. The van der Waals surface area contributed by atoms with Gasteiger partial charge in [0.25, 0.3) is 0 Å². The highest BCUT2D eigenvalue weighted by Gasteiger charge is 2.32. The molecule has 0 saturated carbocycles. The van der Waals surface area contributed by atoms with E-state index in [9.17, 15) is 22.8 Å². The third-order valence-electron chi connectivity index (χ3n) is 3.70. The van der Waals surface area contributed by atoms with Crippen LogP contribution in [-0.2, 0) is 4.79 Å². The molecule has 5 nitrogen and oxygen atoms in total. The Bertz CT molecular complexity index is 618. The van der Waals surface area contributed by atoms with Gasteiger partial charge < -0.3 is 10.6 Å². The lowest BCUT2D eigenvalue weighted by Gasteiger charge is -2.34. The Morgan fingerprint density at radius 3 is 2.17 bits per heavy atom. The molecule has 0 radical (unpaired) electrons. The van der Waals surface area contributed by atoms with Crippen LogP contribution in [0.2, 0.25) is 0 Å². The molecule has 1 aliphatic rings. The highest BCUT2D eigenvalue weighted by molar-refractivity contribution is 5.94. The molecule has 0 bridgehead atoms. The maximum absolute atomic E-state index is 12.3. The summed E-state index contributed by atoms with van der Waals surface area (Å²) in [5.74, 6) is -0.779. The lowest BCUT2D eigenvalue weighted by molar-refractivity contribution is -0.150. The second-order valence-corrected chi connectivity index (χ2v) is 5.54. The largest absolute Gasteiger partial charge is 0.401 e. The monoisotopic (exact) mass is 341 g/mol. The van der Waals surface area contributed by atoms with Crippen LogP contribution >= 0.6 is 0 Å². The molecular weight excluding hydrogens is 323 g/mol. The van der Waals surface area contributed by atoms with E-state index in [1.165, 1.54) is 15.9 Å². The molecular formula is C16H18F3N3O2. The third kappa shape index (κ3) is 5.38. The van der Waals surface area contributed by atoms with Crippen LogP contribution < -0.4 is 5.73 Å². The highest BCUT2D eigenvalue weighted by atomic mass is 19.4. The van der Waals surface area contributed by atoms with E-state index in [1.54, 1.807) is 30.3 Å². The topological polar surface area (TPSA) is 66.6 Å². The van der Waals surface area contributed by atoms with Gasteiger partial charge in [0.15, 0.2) is 0 Å². The van der Waals surface area contributed by atoms with Crippen molar-refractivity contribution in [1.82, 2.24) is 9.80 Å². The van der Waals surface area contributed by atoms with E-state index < -0.39 is 18.6 Å². The number of hydrogen-bond donors (Lipinski definition) is 1. The SMILES string of the molecule is NC(=O)c1ccc(C=CC(=O)N2CCN(CC(F)(F)F)CC2)cc1. The van der Waals surface area contributed by atoms with Crippen molar-refractivity contribution in [2.24, 2.45) is 5.73 Å². The predicted octanol–water partition coefficient (Wildman–Crippen LogP) is 1.51. The summed E-state index contributed by atoms with van der Waals surface area (Å²) in [5.41, 5.74) is 6.24. The molecule has 0 aromatic heterocycles. The predicted molar refractivity (Wildman–Crippen MR) is 83.1 cm³/mol. The molecule has 1 fully saturated rings. The number of piperazine rings is 1. The second-order valence-electron chi connectivity index (χ2n) is 5.54. The zero-order chi connectivity index (χ0) is 17.7. The maximum Gasteiger partial charge on any atom is 0.401 e. The molecule has 1 saturated heterocycles. The zero-order valence-electron chi connectivity index (χ0n) is 12.9. The summed E-state index contributed by atoms with van der Waals surface area (Å²) in [7, 11) is 0. The van der Waals surface area contributed by atoms with Crippen molar-refractivity contribution in [3.05, 3.63) is 41.5 Å². The van der Waals surface area contributed by atoms with Crippen LogP contribution in [0.1, 0.15) is 15.9 Å². The Kier molecular flexibility index (Phi) is 5.61. The summed E-state index contributed by atoms with van der Waals surface area (Å²) in [6.07, 6.45) is -1.25. The van der Waals surface area contributed by atoms with Crippen LogP contribution in [0, 0.1) is 0 Å². The Hall–Kier alpha value is -2.35. The van der Waals surface area contributed by atoms with Gasteiger partial charge in [-0.2, -0.15) is 13.2 Å². The molecule has 1 heterocycles. The fourth-order valence-corrected chi connectivity index (χ4v) is 2.41. The zero-order valence-corrected chi connectivity index (χ0v) is 12.9. The van der Waals surface area contributed by atoms with Crippen molar-refractivity contribution in [3.63, 3.8) is 0 Å². The number of amides is 2. The molecule has 24 heavy (non-hydrogen) atoms. The second kappa shape index (κ2) is 7.48. The number of alkyl halides is 3. The molecule has 0 spiro atoms. The molecule has 2 amide bonds. The van der Waals surface area contributed by atoms with Crippen molar-refractivity contribution in [2.45, 2.75) is 6.18 Å². The Balaban J connectivity index is 1.86. The van der Waals surface area contributed by atoms with E-state index in [-0.39, 0.29) is 32.1 Å². The van der Waals surface area contributed by atoms with Gasteiger partial charge >= 0.3 is 6.18 Å². The summed E-state index contributed by atoms with van der Waals surface area (Å²) in [6, 6.07) is 6.43. The van der Waals surface area contributed by atoms with Gasteiger partial charge in [0.1, 0.15) is 0 Å². The summed E-state index contributed by atoms with van der Waals surface area (Å²) in [5, 5.41) is 0. The van der Waals surface area contributed by atoms with Gasteiger partial charge in [-0.05, 0) is 23.8 Å². The van der Waals surface area contributed by atoms with E-state index in [4.69, 9.17) is 5.73 Å². The van der Waals surface area contributed by atoms with Crippen LogP contribution in [0.4, 0.5) is 13.2 Å². The number of nitrogens with zero attached hydrogens (tertiary/aromatic N) is 2. The molecule has 2 rings (SSSR count). The number of hydrogen-bond acceptors (Lipinski definition) is 3. The average molecular weight is 341 g/mol. The molecule has 0 unspecified atom stereocenters. The summed E-state index contributed by atoms with van der Waals surface area (Å²) in [4.78, 5) is 25.8. The van der Waals surface area contributed by atoms with Crippen LogP contribution in [0.25, 0.3) is 6.08 Å². The fourth-order valence-electron chi connectivity index (χ4n) is 2.41. The molecule has 0 atom stereocenters. The smallest absolute Gasteiger partial charge is 0.366 e. The first-order valence-electron chi connectivity index (χ1n) is 7.40. The molecule has 1 aliphatic heterocycles. The van der Waals surface area contributed by atoms with Crippen molar-refractivity contribution in [1.29, 1.82) is 0 Å². The van der Waals surface area contributed by atoms with E-state index in [1.807, 2.05) is 0 Å². The molecule has 0 aliphatic carbocycles. The summed E-state index contributed by atoms with van der Waals surface area (Å²) in [6.45, 7) is -0.0182. The number of carbonyl (C=O) groups is 2. The van der Waals surface area contributed by atoms with Gasteiger partial charge in [0, 0.05) is 37.8 Å². The average Bonchev–Trinajstić information content (AvgIpc) is 2.52. The van der Waals surface area contributed by atoms with Crippen LogP contribution in [0.15, 0.2) is 30.3 Å². The lowest BCUT2D eigenvalue weighted by atomic mass is 10.1. The first-order valence-corrected chi connectivity index (χ1v) is 7.40. The lowest BCUT2D eigenvalue weighted by Crippen LogP contribution is -2.50. The van der Waals surface area contributed by atoms with E-state index >= 15 is 0 Å². The number of carbonyl (C=O) groups excluding carboxylic acids is 2. The van der Waals surface area contributed by atoms with Gasteiger partial charge in [-0.1, -0.05) is 12.1 Å². The Morgan fingerprint density at radius 2 is 1.67 bits per heavy atom. The van der Waals surface area contributed by atoms with Crippen molar-refractivity contribution in [2.75, 3.05) is 32.7 Å². The van der Waals surface area contributed by atoms with Crippen LogP contribution in [0.5, 0.6) is 0 Å². The van der Waals surface area contributed by atoms with Gasteiger partial charge in [-0.3, -0.25) is 14.5 Å². The van der Waals surface area contributed by atoms with Crippen molar-refractivity contribution < 1.29 is 22.8 Å². The minimum absolute atomic E-state index is 0.201. The minimum atomic E-state index is -4.22. The van der Waals surface area contributed by atoms with E-state index in [2.05, 4.69) is 0 Å². The first-order chi connectivity index (χ1) is 11.2. The quantitative estimate of drug-likeness (QED) is 0.844. The molecule has 8 heteroatoms. The molecule has 1 aromatic carbocycles. The minimum Gasteiger partial charge on any atom is -0.366 e. The summed E-state index contributed by atoms with van der Waals surface area (Å²) >= 11 is 0. The Morgan fingerprint density at radius 1 is 1.08 bits per heavy atom. The molecule has 1 aromatic rings. The number of primary amides is 1. The first kappa shape index (κ1) is 18.0. The van der Waals surface area contributed by atoms with Gasteiger partial charge in [0.2, 0.25) is 11.8 Å². The maximum atomic E-state index is 12.3. The molecule has 130 valence electrons. The Labute approximate surface area is 137 Å². The number of rotatable bonds is 4. The molecule has 2 N–H and O–H groups in total. The standard InChI is InChI=1S/C16H18F3N3O2/c17-16(18,19)11-21-7-9-22(10-8-21)14(23)6-3-12-1-4-13(5-2-12)15(20)24/h1-6H,7-11H2,(H2,20,24).